The van der Waals surface area contributed by atoms with Crippen LogP contribution in [0.2, 0.25) is 0 Å². The zero-order chi connectivity index (χ0) is 17.2. The van der Waals surface area contributed by atoms with Gasteiger partial charge in [-0.25, -0.2) is 4.79 Å². The van der Waals surface area contributed by atoms with Gasteiger partial charge in [-0.1, -0.05) is 50.1 Å². The van der Waals surface area contributed by atoms with E-state index in [4.69, 9.17) is 14.9 Å². The number of hydrogen-bond donors (Lipinski definition) is 2. The molecule has 5 heteroatoms. The van der Waals surface area contributed by atoms with E-state index in [0.717, 1.165) is 25.0 Å². The van der Waals surface area contributed by atoms with Gasteiger partial charge in [0.1, 0.15) is 17.3 Å². The Morgan fingerprint density at radius 2 is 1.67 bits per heavy atom. The van der Waals surface area contributed by atoms with Crippen molar-refractivity contribution >= 4 is 11.9 Å². The first kappa shape index (κ1) is 17.5. The van der Waals surface area contributed by atoms with Crippen molar-refractivity contribution in [1.29, 1.82) is 5.41 Å². The van der Waals surface area contributed by atoms with Crippen LogP contribution < -0.4 is 14.8 Å². The zero-order valence-electron chi connectivity index (χ0n) is 13.7. The first-order valence-corrected chi connectivity index (χ1v) is 8.04. The van der Waals surface area contributed by atoms with Gasteiger partial charge in [-0.15, -0.1) is 0 Å². The topological polar surface area (TPSA) is 71.4 Å². The SMILES string of the molecule is CCCCCOc1ccc(OC(=O)NC(=N)c2ccccc2)cc1. The Bertz CT molecular complexity index is 654. The predicted molar refractivity (Wildman–Crippen MR) is 93.9 cm³/mol. The lowest BCUT2D eigenvalue weighted by molar-refractivity contribution is 0.206. The average molecular weight is 326 g/mol. The minimum absolute atomic E-state index is 0.00326. The van der Waals surface area contributed by atoms with E-state index in [9.17, 15) is 4.79 Å². The van der Waals surface area contributed by atoms with Crippen LogP contribution >= 0.6 is 0 Å². The molecule has 2 N–H and O–H groups in total. The maximum Gasteiger partial charge on any atom is 0.418 e. The fraction of sp³-hybridized carbons (Fsp3) is 0.263. The number of carbonyl (C=O) groups is 1. The number of amides is 1. The predicted octanol–water partition coefficient (Wildman–Crippen LogP) is 4.37. The highest BCUT2D eigenvalue weighted by Crippen LogP contribution is 2.18. The number of benzene rings is 2. The van der Waals surface area contributed by atoms with E-state index in [-0.39, 0.29) is 5.84 Å². The summed E-state index contributed by atoms with van der Waals surface area (Å²) in [6.45, 7) is 2.83. The van der Waals surface area contributed by atoms with Crippen LogP contribution in [0.1, 0.15) is 31.7 Å². The van der Waals surface area contributed by atoms with Gasteiger partial charge in [-0.3, -0.25) is 10.7 Å². The van der Waals surface area contributed by atoms with Crippen molar-refractivity contribution in [1.82, 2.24) is 5.32 Å². The molecule has 0 aliphatic rings. The molecule has 0 bridgehead atoms. The Labute approximate surface area is 142 Å². The van der Waals surface area contributed by atoms with Crippen molar-refractivity contribution in [3.8, 4) is 11.5 Å². The number of nitrogens with one attached hydrogen (secondary N) is 2. The molecular weight excluding hydrogens is 304 g/mol. The summed E-state index contributed by atoms with van der Waals surface area (Å²) in [5.41, 5.74) is 0.616. The quantitative estimate of drug-likeness (QED) is 0.451. The monoisotopic (exact) mass is 326 g/mol. The molecule has 2 aromatic carbocycles. The fourth-order valence-electron chi connectivity index (χ4n) is 2.06. The number of ether oxygens (including phenoxy) is 2. The second-order valence-electron chi connectivity index (χ2n) is 5.28. The maximum absolute atomic E-state index is 11.8. The Morgan fingerprint density at radius 3 is 2.33 bits per heavy atom. The Hall–Kier alpha value is -2.82. The molecule has 0 fully saturated rings. The summed E-state index contributed by atoms with van der Waals surface area (Å²) >= 11 is 0. The highest BCUT2D eigenvalue weighted by Gasteiger charge is 2.08. The van der Waals surface area contributed by atoms with Gasteiger partial charge in [0.15, 0.2) is 0 Å². The summed E-state index contributed by atoms with van der Waals surface area (Å²) in [4.78, 5) is 11.8. The Kier molecular flexibility index (Phi) is 6.83. The van der Waals surface area contributed by atoms with Gasteiger partial charge in [0.25, 0.3) is 0 Å². The van der Waals surface area contributed by atoms with Crippen LogP contribution in [0.25, 0.3) is 0 Å². The normalized spacial score (nSPS) is 10.0. The zero-order valence-corrected chi connectivity index (χ0v) is 13.7. The number of rotatable bonds is 7. The second kappa shape index (κ2) is 9.35. The number of carbonyl (C=O) groups excluding carboxylic acids is 1. The van der Waals surface area contributed by atoms with E-state index in [2.05, 4.69) is 12.2 Å². The minimum atomic E-state index is -0.694. The van der Waals surface area contributed by atoms with Gasteiger partial charge in [0.2, 0.25) is 0 Å². The van der Waals surface area contributed by atoms with Crippen molar-refractivity contribution < 1.29 is 14.3 Å². The summed E-state index contributed by atoms with van der Waals surface area (Å²) in [6, 6.07) is 15.8. The molecule has 0 heterocycles. The molecule has 5 nitrogen and oxygen atoms in total. The number of hydrogen-bond acceptors (Lipinski definition) is 4. The van der Waals surface area contributed by atoms with Gasteiger partial charge in [0.05, 0.1) is 6.61 Å². The van der Waals surface area contributed by atoms with Crippen LogP contribution in [0.5, 0.6) is 11.5 Å². The van der Waals surface area contributed by atoms with Crippen molar-refractivity contribution in [3.63, 3.8) is 0 Å². The lowest BCUT2D eigenvalue weighted by atomic mass is 10.2. The standard InChI is InChI=1S/C19H22N2O3/c1-2-3-7-14-23-16-10-12-17(13-11-16)24-19(22)21-18(20)15-8-5-4-6-9-15/h4-6,8-13H,2-3,7,14H2,1H3,(H2,20,21,22). The highest BCUT2D eigenvalue weighted by molar-refractivity contribution is 6.04. The number of unbranched alkanes of at least 4 members (excludes halogenated alkanes) is 2. The van der Waals surface area contributed by atoms with Crippen molar-refractivity contribution in [3.05, 3.63) is 60.2 Å². The molecule has 1 amide bonds. The molecular formula is C19H22N2O3. The molecule has 0 aliphatic heterocycles. The molecule has 24 heavy (non-hydrogen) atoms. The van der Waals surface area contributed by atoms with E-state index in [0.29, 0.717) is 17.9 Å². The molecule has 126 valence electrons. The van der Waals surface area contributed by atoms with E-state index in [1.807, 2.05) is 6.07 Å². The van der Waals surface area contributed by atoms with Crippen LogP contribution in [0.15, 0.2) is 54.6 Å². The molecule has 2 rings (SSSR count). The number of amidine groups is 1. The third-order valence-corrected chi connectivity index (χ3v) is 3.34. The smallest absolute Gasteiger partial charge is 0.418 e. The Morgan fingerprint density at radius 1 is 1.00 bits per heavy atom. The van der Waals surface area contributed by atoms with Crippen LogP contribution in [-0.4, -0.2) is 18.5 Å². The summed E-state index contributed by atoms with van der Waals surface area (Å²) in [5.74, 6) is 1.14. The molecule has 0 saturated carbocycles. The van der Waals surface area contributed by atoms with Gasteiger partial charge < -0.3 is 9.47 Å². The lowest BCUT2D eigenvalue weighted by Gasteiger charge is -2.09. The van der Waals surface area contributed by atoms with E-state index in [1.54, 1.807) is 48.5 Å². The highest BCUT2D eigenvalue weighted by atomic mass is 16.6. The molecule has 0 aromatic heterocycles. The van der Waals surface area contributed by atoms with Crippen molar-refractivity contribution in [2.24, 2.45) is 0 Å². The summed E-state index contributed by atoms with van der Waals surface area (Å²) in [6.07, 6.45) is 2.64. The van der Waals surface area contributed by atoms with Crippen LogP contribution in [0.3, 0.4) is 0 Å². The van der Waals surface area contributed by atoms with Gasteiger partial charge in [0, 0.05) is 5.56 Å². The molecule has 0 aliphatic carbocycles. The third-order valence-electron chi connectivity index (χ3n) is 3.34. The van der Waals surface area contributed by atoms with E-state index >= 15 is 0 Å². The van der Waals surface area contributed by atoms with Gasteiger partial charge in [-0.2, -0.15) is 0 Å². The van der Waals surface area contributed by atoms with Crippen molar-refractivity contribution in [2.75, 3.05) is 6.61 Å². The molecule has 0 atom stereocenters. The van der Waals surface area contributed by atoms with E-state index in [1.165, 1.54) is 0 Å². The van der Waals surface area contributed by atoms with Crippen LogP contribution in [0, 0.1) is 5.41 Å². The molecule has 2 aromatic rings. The second-order valence-corrected chi connectivity index (χ2v) is 5.28. The minimum Gasteiger partial charge on any atom is -0.494 e. The summed E-state index contributed by atoms with van der Waals surface area (Å²) < 4.78 is 10.8. The Balaban J connectivity index is 1.80. The fourth-order valence-corrected chi connectivity index (χ4v) is 2.06. The van der Waals surface area contributed by atoms with Crippen LogP contribution in [0.4, 0.5) is 4.79 Å². The molecule has 0 radical (unpaired) electrons. The first-order chi connectivity index (χ1) is 11.7. The summed E-state index contributed by atoms with van der Waals surface area (Å²) in [5, 5.41) is 10.2. The third kappa shape index (κ3) is 5.76. The lowest BCUT2D eigenvalue weighted by Crippen LogP contribution is -2.32. The summed E-state index contributed by atoms with van der Waals surface area (Å²) in [7, 11) is 0. The van der Waals surface area contributed by atoms with Crippen LogP contribution in [-0.2, 0) is 0 Å². The molecule has 0 unspecified atom stereocenters. The molecule has 0 saturated heterocycles. The van der Waals surface area contributed by atoms with Gasteiger partial charge in [-0.05, 0) is 30.7 Å². The average Bonchev–Trinajstić information content (AvgIpc) is 2.61. The first-order valence-electron chi connectivity index (χ1n) is 8.04. The molecule has 0 spiro atoms. The maximum atomic E-state index is 11.8. The largest absolute Gasteiger partial charge is 0.494 e. The van der Waals surface area contributed by atoms with E-state index < -0.39 is 6.09 Å². The van der Waals surface area contributed by atoms with Gasteiger partial charge >= 0.3 is 6.09 Å². The van der Waals surface area contributed by atoms with Crippen molar-refractivity contribution in [2.45, 2.75) is 26.2 Å².